The Morgan fingerprint density at radius 1 is 1.62 bits per heavy atom. The molecule has 3 nitrogen and oxygen atoms in total. The summed E-state index contributed by atoms with van der Waals surface area (Å²) in [6, 6.07) is 3.53. The summed E-state index contributed by atoms with van der Waals surface area (Å²) in [5, 5.41) is 2.95. The van der Waals surface area contributed by atoms with Gasteiger partial charge in [-0.15, -0.1) is 11.3 Å². The lowest BCUT2D eigenvalue weighted by Crippen LogP contribution is -2.36. The molecule has 0 fully saturated rings. The number of nitrogens with one attached hydrogen (secondary N) is 1. The fraction of sp³-hybridized carbons (Fsp3) is 0.273. The van der Waals surface area contributed by atoms with Crippen molar-refractivity contribution in [3.05, 3.63) is 28.8 Å². The summed E-state index contributed by atoms with van der Waals surface area (Å²) < 4.78 is 0.655. The first-order chi connectivity index (χ1) is 7.66. The quantitative estimate of drug-likeness (QED) is 0.757. The molecule has 1 aliphatic rings. The molecule has 1 amide bonds. The van der Waals surface area contributed by atoms with Gasteiger partial charge in [-0.1, -0.05) is 6.07 Å². The molecule has 1 aliphatic heterocycles. The first-order valence-corrected chi connectivity index (χ1v) is 5.83. The first kappa shape index (κ1) is 11.1. The minimum Gasteiger partial charge on any atom is -0.344 e. The Labute approximate surface area is 99.7 Å². The van der Waals surface area contributed by atoms with Crippen molar-refractivity contribution in [3.8, 4) is 0 Å². The molecule has 0 saturated heterocycles. The second-order valence-corrected chi connectivity index (χ2v) is 4.78. The van der Waals surface area contributed by atoms with Crippen LogP contribution in [-0.4, -0.2) is 26.0 Å². The van der Waals surface area contributed by atoms with Crippen molar-refractivity contribution in [3.63, 3.8) is 0 Å². The lowest BCUT2D eigenvalue weighted by molar-refractivity contribution is 0.0947. The lowest BCUT2D eigenvalue weighted by Gasteiger charge is -2.19. The Balaban J connectivity index is 2.03. The van der Waals surface area contributed by atoms with E-state index in [0.717, 1.165) is 12.0 Å². The number of nitrogens with zero attached hydrogens (tertiary/aromatic N) is 1. The predicted molar refractivity (Wildman–Crippen MR) is 67.8 cm³/mol. The third-order valence-electron chi connectivity index (χ3n) is 2.43. The van der Waals surface area contributed by atoms with Gasteiger partial charge >= 0.3 is 0 Å². The van der Waals surface area contributed by atoms with Gasteiger partial charge in [-0.3, -0.25) is 9.79 Å². The van der Waals surface area contributed by atoms with Gasteiger partial charge in [-0.25, -0.2) is 0 Å². The highest BCUT2D eigenvalue weighted by Gasteiger charge is 2.16. The van der Waals surface area contributed by atoms with E-state index in [0.29, 0.717) is 9.65 Å². The zero-order valence-corrected chi connectivity index (χ0v) is 9.75. The summed E-state index contributed by atoms with van der Waals surface area (Å²) in [5.41, 5.74) is 1.07. The molecular formula is C11H11BN2OS. The summed E-state index contributed by atoms with van der Waals surface area (Å²) in [6.07, 6.45) is 4.33. The van der Waals surface area contributed by atoms with Crippen LogP contribution in [0.25, 0.3) is 0 Å². The van der Waals surface area contributed by atoms with E-state index in [1.165, 1.54) is 11.3 Å². The minimum atomic E-state index is -0.0743. The molecule has 1 unspecified atom stereocenters. The number of carbonyl (C=O) groups is 1. The molecule has 80 valence electrons. The maximum Gasteiger partial charge on any atom is 0.261 e. The number of carbonyl (C=O) groups excluding carboxylic acids is 1. The Morgan fingerprint density at radius 3 is 3.06 bits per heavy atom. The highest BCUT2D eigenvalue weighted by Crippen LogP contribution is 2.12. The van der Waals surface area contributed by atoms with Crippen molar-refractivity contribution in [2.24, 2.45) is 4.99 Å². The van der Waals surface area contributed by atoms with Crippen LogP contribution in [0.2, 0.25) is 0 Å². The lowest BCUT2D eigenvalue weighted by atomic mass is 10.1. The average Bonchev–Trinajstić information content (AvgIpc) is 2.68. The summed E-state index contributed by atoms with van der Waals surface area (Å²) >= 11 is 1.30. The van der Waals surface area contributed by atoms with E-state index >= 15 is 0 Å². The van der Waals surface area contributed by atoms with Crippen LogP contribution >= 0.6 is 11.3 Å². The SMILES string of the molecule is [B]c1ccc(C(=O)NC2CC=NC=C2C)s1. The number of hydrogen-bond acceptors (Lipinski definition) is 3. The molecule has 0 saturated carbocycles. The van der Waals surface area contributed by atoms with E-state index in [2.05, 4.69) is 10.3 Å². The van der Waals surface area contributed by atoms with Gasteiger partial charge in [-0.2, -0.15) is 0 Å². The van der Waals surface area contributed by atoms with E-state index in [-0.39, 0.29) is 11.9 Å². The summed E-state index contributed by atoms with van der Waals surface area (Å²) in [5.74, 6) is -0.0743. The van der Waals surface area contributed by atoms with Crippen LogP contribution < -0.4 is 10.1 Å². The summed E-state index contributed by atoms with van der Waals surface area (Å²) in [6.45, 7) is 1.96. The van der Waals surface area contributed by atoms with Gasteiger partial charge < -0.3 is 5.32 Å². The number of hydrogen-bond donors (Lipinski definition) is 1. The number of aliphatic imine (C=N–C) groups is 1. The highest BCUT2D eigenvalue weighted by molar-refractivity contribution is 7.21. The normalized spacial score (nSPS) is 19.3. The summed E-state index contributed by atoms with van der Waals surface area (Å²) in [7, 11) is 5.58. The molecule has 1 aromatic rings. The largest absolute Gasteiger partial charge is 0.344 e. The van der Waals surface area contributed by atoms with E-state index in [1.807, 2.05) is 6.92 Å². The van der Waals surface area contributed by atoms with Crippen molar-refractivity contribution >= 4 is 36.1 Å². The second-order valence-electron chi connectivity index (χ2n) is 3.67. The average molecular weight is 230 g/mol. The second kappa shape index (κ2) is 4.66. The van der Waals surface area contributed by atoms with Crippen molar-refractivity contribution < 1.29 is 4.79 Å². The Bertz CT molecular complexity index is 464. The van der Waals surface area contributed by atoms with Crippen LogP contribution in [0.5, 0.6) is 0 Å². The van der Waals surface area contributed by atoms with Crippen molar-refractivity contribution in [2.45, 2.75) is 19.4 Å². The first-order valence-electron chi connectivity index (χ1n) is 5.01. The molecule has 2 heterocycles. The molecule has 0 aliphatic carbocycles. The predicted octanol–water partition coefficient (Wildman–Crippen LogP) is 1.02. The van der Waals surface area contributed by atoms with Crippen LogP contribution in [0.3, 0.4) is 0 Å². The Kier molecular flexibility index (Phi) is 3.24. The number of amides is 1. The van der Waals surface area contributed by atoms with Gasteiger partial charge in [0.25, 0.3) is 5.91 Å². The van der Waals surface area contributed by atoms with Crippen LogP contribution in [0, 0.1) is 0 Å². The maximum absolute atomic E-state index is 11.8. The molecule has 1 atom stereocenters. The van der Waals surface area contributed by atoms with E-state index < -0.39 is 0 Å². The van der Waals surface area contributed by atoms with E-state index in [9.17, 15) is 4.79 Å². The van der Waals surface area contributed by atoms with Gasteiger partial charge in [0.15, 0.2) is 0 Å². The van der Waals surface area contributed by atoms with Gasteiger partial charge in [-0.05, 0) is 23.3 Å². The fourth-order valence-electron chi connectivity index (χ4n) is 1.49. The van der Waals surface area contributed by atoms with Crippen LogP contribution in [0.1, 0.15) is 23.0 Å². The number of rotatable bonds is 2. The third-order valence-corrected chi connectivity index (χ3v) is 3.34. The van der Waals surface area contributed by atoms with Crippen LogP contribution in [0.15, 0.2) is 28.9 Å². The van der Waals surface area contributed by atoms with Gasteiger partial charge in [0.2, 0.25) is 0 Å². The Morgan fingerprint density at radius 2 is 2.44 bits per heavy atom. The van der Waals surface area contributed by atoms with Crippen molar-refractivity contribution in [1.29, 1.82) is 0 Å². The van der Waals surface area contributed by atoms with Crippen LogP contribution in [-0.2, 0) is 0 Å². The van der Waals surface area contributed by atoms with Gasteiger partial charge in [0.1, 0.15) is 7.85 Å². The molecule has 16 heavy (non-hydrogen) atoms. The molecule has 0 aromatic carbocycles. The molecular weight excluding hydrogens is 219 g/mol. The van der Waals surface area contributed by atoms with E-state index in [4.69, 9.17) is 7.85 Å². The zero-order valence-electron chi connectivity index (χ0n) is 8.93. The van der Waals surface area contributed by atoms with Gasteiger partial charge in [0.05, 0.1) is 10.9 Å². The van der Waals surface area contributed by atoms with Gasteiger partial charge in [0, 0.05) is 18.8 Å². The van der Waals surface area contributed by atoms with E-state index in [1.54, 1.807) is 24.5 Å². The molecule has 0 spiro atoms. The third kappa shape index (κ3) is 2.42. The minimum absolute atomic E-state index is 0.0494. The molecule has 2 radical (unpaired) electrons. The zero-order chi connectivity index (χ0) is 11.5. The fourth-order valence-corrected chi connectivity index (χ4v) is 2.17. The highest BCUT2D eigenvalue weighted by atomic mass is 32.1. The number of thiophene rings is 1. The summed E-state index contributed by atoms with van der Waals surface area (Å²) in [4.78, 5) is 16.5. The monoisotopic (exact) mass is 230 g/mol. The molecule has 2 rings (SSSR count). The molecule has 1 aromatic heterocycles. The topological polar surface area (TPSA) is 41.5 Å². The molecule has 1 N–H and O–H groups in total. The molecule has 5 heteroatoms. The Hall–Kier alpha value is -1.36. The standard InChI is InChI=1S/C11H11BN2OS/c1-7-6-13-5-4-8(7)14-11(15)9-2-3-10(12)16-9/h2-3,5-6,8H,4H2,1H3,(H,14,15). The van der Waals surface area contributed by atoms with Crippen molar-refractivity contribution in [1.82, 2.24) is 5.32 Å². The van der Waals surface area contributed by atoms with Crippen LogP contribution in [0.4, 0.5) is 0 Å². The van der Waals surface area contributed by atoms with Crippen molar-refractivity contribution in [2.75, 3.05) is 0 Å². The molecule has 0 bridgehead atoms. The maximum atomic E-state index is 11.8. The smallest absolute Gasteiger partial charge is 0.261 e.